The lowest BCUT2D eigenvalue weighted by Crippen LogP contribution is -2.07. The molecule has 2 aromatic rings. The first-order valence-electron chi connectivity index (χ1n) is 7.16. The first kappa shape index (κ1) is 17.5. The van der Waals surface area contributed by atoms with Gasteiger partial charge in [0, 0.05) is 11.6 Å². The lowest BCUT2D eigenvalue weighted by Gasteiger charge is -2.15. The smallest absolute Gasteiger partial charge is 0.204 e. The summed E-state index contributed by atoms with van der Waals surface area (Å²) < 4.78 is 26.4. The van der Waals surface area contributed by atoms with Gasteiger partial charge in [-0.1, -0.05) is 0 Å². The molecule has 0 unspecified atom stereocenters. The fourth-order valence-electron chi connectivity index (χ4n) is 2.37. The molecule has 0 amide bonds. The fraction of sp³-hybridized carbons (Fsp3) is 0.278. The molecule has 0 aliphatic carbocycles. The summed E-state index contributed by atoms with van der Waals surface area (Å²) in [6, 6.07) is 8.27. The topological polar surface area (TPSA) is 63.2 Å². The molecule has 0 aliphatic rings. The third-order valence-electron chi connectivity index (χ3n) is 3.56. The highest BCUT2D eigenvalue weighted by Gasteiger charge is 2.22. The molecule has 0 N–H and O–H groups in total. The maximum absolute atomic E-state index is 12.9. The second-order valence-electron chi connectivity index (χ2n) is 4.81. The second-order valence-corrected chi connectivity index (χ2v) is 4.81. The van der Waals surface area contributed by atoms with E-state index in [2.05, 4.69) is 0 Å². The Bertz CT molecular complexity index is 716. The summed E-state index contributed by atoms with van der Waals surface area (Å²) >= 11 is 0. The third kappa shape index (κ3) is 3.22. The van der Waals surface area contributed by atoms with Crippen LogP contribution in [0.2, 0.25) is 0 Å². The Morgan fingerprint density at radius 3 is 1.75 bits per heavy atom. The lowest BCUT2D eigenvalue weighted by molar-refractivity contribution is 0.103. The zero-order valence-corrected chi connectivity index (χ0v) is 14.3. The van der Waals surface area contributed by atoms with Gasteiger partial charge in [0.1, 0.15) is 11.5 Å². The maximum atomic E-state index is 12.9. The van der Waals surface area contributed by atoms with Crippen molar-refractivity contribution in [2.75, 3.05) is 35.5 Å². The first-order valence-corrected chi connectivity index (χ1v) is 7.16. The van der Waals surface area contributed by atoms with Gasteiger partial charge in [0.25, 0.3) is 0 Å². The number of ether oxygens (including phenoxy) is 5. The Labute approximate surface area is 140 Å². The summed E-state index contributed by atoms with van der Waals surface area (Å²) in [7, 11) is 7.54. The molecule has 0 atom stereocenters. The minimum Gasteiger partial charge on any atom is -0.497 e. The normalized spacial score (nSPS) is 10.0. The molecule has 0 saturated carbocycles. The number of carbonyl (C=O) groups is 1. The number of ketones is 1. The second kappa shape index (κ2) is 7.59. The number of hydrogen-bond acceptors (Lipinski definition) is 6. The molecule has 6 nitrogen and oxygen atoms in total. The summed E-state index contributed by atoms with van der Waals surface area (Å²) in [5.74, 6) is 1.96. The van der Waals surface area contributed by atoms with Crippen molar-refractivity contribution in [2.45, 2.75) is 0 Å². The van der Waals surface area contributed by atoms with Crippen molar-refractivity contribution in [1.82, 2.24) is 0 Å². The van der Waals surface area contributed by atoms with E-state index in [1.165, 1.54) is 35.5 Å². The van der Waals surface area contributed by atoms with Gasteiger partial charge in [0.2, 0.25) is 5.75 Å². The predicted octanol–water partition coefficient (Wildman–Crippen LogP) is 2.96. The Kier molecular flexibility index (Phi) is 5.52. The van der Waals surface area contributed by atoms with Gasteiger partial charge in [0.05, 0.1) is 41.1 Å². The molecule has 0 spiro atoms. The molecule has 128 valence electrons. The van der Waals surface area contributed by atoms with Gasteiger partial charge >= 0.3 is 0 Å². The van der Waals surface area contributed by atoms with E-state index in [9.17, 15) is 4.79 Å². The highest BCUT2D eigenvalue weighted by atomic mass is 16.5. The van der Waals surface area contributed by atoms with Gasteiger partial charge in [-0.25, -0.2) is 0 Å². The van der Waals surface area contributed by atoms with Crippen LogP contribution in [0.4, 0.5) is 0 Å². The van der Waals surface area contributed by atoms with Crippen molar-refractivity contribution in [3.05, 3.63) is 41.5 Å². The highest BCUT2D eigenvalue weighted by Crippen LogP contribution is 2.40. The van der Waals surface area contributed by atoms with Crippen LogP contribution in [0, 0.1) is 0 Å². The molecule has 2 rings (SSSR count). The minimum atomic E-state index is -0.245. The lowest BCUT2D eigenvalue weighted by atomic mass is 10.0. The molecule has 0 bridgehead atoms. The van der Waals surface area contributed by atoms with Gasteiger partial charge in [-0.3, -0.25) is 4.79 Å². The van der Waals surface area contributed by atoms with Gasteiger partial charge in [-0.2, -0.15) is 0 Å². The predicted molar refractivity (Wildman–Crippen MR) is 89.1 cm³/mol. The molecule has 6 heteroatoms. The van der Waals surface area contributed by atoms with E-state index in [1.54, 1.807) is 30.3 Å². The molecular formula is C18H20O6. The van der Waals surface area contributed by atoms with Crippen molar-refractivity contribution < 1.29 is 28.5 Å². The maximum Gasteiger partial charge on any atom is 0.204 e. The van der Waals surface area contributed by atoms with Crippen LogP contribution in [0.1, 0.15) is 15.9 Å². The Hall–Kier alpha value is -2.89. The number of carbonyl (C=O) groups excluding carboxylic acids is 1. The quantitative estimate of drug-likeness (QED) is 0.727. The molecule has 0 fully saturated rings. The Balaban J connectivity index is 2.58. The zero-order chi connectivity index (χ0) is 17.7. The van der Waals surface area contributed by atoms with Gasteiger partial charge in [0.15, 0.2) is 17.3 Å². The number of methoxy groups -OCH3 is 5. The molecule has 0 saturated heterocycles. The van der Waals surface area contributed by atoms with Crippen LogP contribution in [0.25, 0.3) is 0 Å². The average molecular weight is 332 g/mol. The SMILES string of the molecule is COc1cc(OC)cc(C(=O)c2ccc(OC)c(OC)c2OC)c1. The fourth-order valence-corrected chi connectivity index (χ4v) is 2.37. The Morgan fingerprint density at radius 1 is 0.708 bits per heavy atom. The number of hydrogen-bond donors (Lipinski definition) is 0. The highest BCUT2D eigenvalue weighted by molar-refractivity contribution is 6.11. The van der Waals surface area contributed by atoms with E-state index in [1.807, 2.05) is 0 Å². The van der Waals surface area contributed by atoms with E-state index >= 15 is 0 Å². The van der Waals surface area contributed by atoms with E-state index < -0.39 is 0 Å². The molecular weight excluding hydrogens is 312 g/mol. The van der Waals surface area contributed by atoms with Crippen molar-refractivity contribution >= 4 is 5.78 Å². The molecule has 2 aromatic carbocycles. The van der Waals surface area contributed by atoms with Crippen LogP contribution in [-0.4, -0.2) is 41.3 Å². The standard InChI is InChI=1S/C18H20O6/c1-20-12-8-11(9-13(10-12)21-2)16(19)14-6-7-15(22-3)18(24-5)17(14)23-4/h6-10H,1-5H3. The zero-order valence-electron chi connectivity index (χ0n) is 14.3. The van der Waals surface area contributed by atoms with Crippen LogP contribution in [0.3, 0.4) is 0 Å². The number of rotatable bonds is 7. The first-order chi connectivity index (χ1) is 11.6. The van der Waals surface area contributed by atoms with Crippen molar-refractivity contribution in [3.63, 3.8) is 0 Å². The average Bonchev–Trinajstić information content (AvgIpc) is 2.65. The summed E-state index contributed by atoms with van der Waals surface area (Å²) in [5, 5.41) is 0. The van der Waals surface area contributed by atoms with Crippen LogP contribution < -0.4 is 23.7 Å². The van der Waals surface area contributed by atoms with Gasteiger partial charge < -0.3 is 23.7 Å². The van der Waals surface area contributed by atoms with E-state index in [0.29, 0.717) is 39.9 Å². The molecule has 0 radical (unpaired) electrons. The van der Waals surface area contributed by atoms with Crippen molar-refractivity contribution in [3.8, 4) is 28.7 Å². The van der Waals surface area contributed by atoms with Crippen LogP contribution in [-0.2, 0) is 0 Å². The van der Waals surface area contributed by atoms with Gasteiger partial charge in [-0.15, -0.1) is 0 Å². The molecule has 0 aromatic heterocycles. The number of benzene rings is 2. The summed E-state index contributed by atoms with van der Waals surface area (Å²) in [6.45, 7) is 0. The minimum absolute atomic E-state index is 0.245. The van der Waals surface area contributed by atoms with Crippen molar-refractivity contribution in [2.24, 2.45) is 0 Å². The van der Waals surface area contributed by atoms with Crippen molar-refractivity contribution in [1.29, 1.82) is 0 Å². The monoisotopic (exact) mass is 332 g/mol. The van der Waals surface area contributed by atoms with Crippen LogP contribution in [0.5, 0.6) is 28.7 Å². The molecule has 24 heavy (non-hydrogen) atoms. The van der Waals surface area contributed by atoms with E-state index in [-0.39, 0.29) is 5.78 Å². The summed E-state index contributed by atoms with van der Waals surface area (Å²) in [5.41, 5.74) is 0.766. The van der Waals surface area contributed by atoms with Gasteiger partial charge in [-0.05, 0) is 24.3 Å². The summed E-state index contributed by atoms with van der Waals surface area (Å²) in [6.07, 6.45) is 0. The molecule has 0 aliphatic heterocycles. The largest absolute Gasteiger partial charge is 0.497 e. The van der Waals surface area contributed by atoms with E-state index in [0.717, 1.165) is 0 Å². The van der Waals surface area contributed by atoms with E-state index in [4.69, 9.17) is 23.7 Å². The third-order valence-corrected chi connectivity index (χ3v) is 3.56. The summed E-state index contributed by atoms with van der Waals surface area (Å²) in [4.78, 5) is 12.9. The Morgan fingerprint density at radius 2 is 1.29 bits per heavy atom. The molecule has 0 heterocycles. The van der Waals surface area contributed by atoms with Crippen LogP contribution in [0.15, 0.2) is 30.3 Å². The van der Waals surface area contributed by atoms with Crippen LogP contribution >= 0.6 is 0 Å².